The number of rotatable bonds is 5. The van der Waals surface area contributed by atoms with Crippen LogP contribution in [0.1, 0.15) is 29.9 Å². The molecule has 4 amide bonds. The van der Waals surface area contributed by atoms with Crippen LogP contribution in [-0.2, 0) is 9.59 Å². The molecule has 2 aromatic rings. The maximum atomic E-state index is 12.5. The van der Waals surface area contributed by atoms with Crippen molar-refractivity contribution in [3.8, 4) is 0 Å². The van der Waals surface area contributed by atoms with Gasteiger partial charge in [0.25, 0.3) is 0 Å². The van der Waals surface area contributed by atoms with Crippen LogP contribution in [0.25, 0.3) is 0 Å². The first-order valence-corrected chi connectivity index (χ1v) is 9.80. The van der Waals surface area contributed by atoms with E-state index in [2.05, 4.69) is 10.4 Å². The summed E-state index contributed by atoms with van der Waals surface area (Å²) in [5, 5.41) is 11.3. The molecule has 0 aliphatic carbocycles. The molecule has 1 aliphatic heterocycles. The summed E-state index contributed by atoms with van der Waals surface area (Å²) in [4.78, 5) is 39.2. The van der Waals surface area contributed by atoms with Gasteiger partial charge in [0.1, 0.15) is 0 Å². The highest BCUT2D eigenvalue weighted by Crippen LogP contribution is 2.22. The van der Waals surface area contributed by atoms with E-state index in [0.29, 0.717) is 13.1 Å². The third kappa shape index (κ3) is 3.87. The van der Waals surface area contributed by atoms with Gasteiger partial charge in [0.05, 0.1) is 11.7 Å². The average Bonchev–Trinajstić information content (AvgIpc) is 3.27. The second-order valence-corrected chi connectivity index (χ2v) is 7.25. The SMILES string of the molecule is CCN1CCN(C(=O)NC[C@@H](c2ccsc2)n2nc(C)cc2C)C(=O)C1=O. The highest BCUT2D eigenvalue weighted by Gasteiger charge is 2.35. The van der Waals surface area contributed by atoms with Gasteiger partial charge in [-0.3, -0.25) is 19.2 Å². The average molecular weight is 389 g/mol. The summed E-state index contributed by atoms with van der Waals surface area (Å²) < 4.78 is 1.87. The van der Waals surface area contributed by atoms with Crippen molar-refractivity contribution in [3.63, 3.8) is 0 Å². The van der Waals surface area contributed by atoms with E-state index in [4.69, 9.17) is 0 Å². The Labute approximate surface area is 161 Å². The number of urea groups is 1. The van der Waals surface area contributed by atoms with Gasteiger partial charge in [0.2, 0.25) is 0 Å². The van der Waals surface area contributed by atoms with E-state index in [0.717, 1.165) is 21.9 Å². The Morgan fingerprint density at radius 2 is 2.07 bits per heavy atom. The van der Waals surface area contributed by atoms with Crippen molar-refractivity contribution in [1.82, 2.24) is 24.9 Å². The van der Waals surface area contributed by atoms with Crippen LogP contribution >= 0.6 is 11.3 Å². The molecule has 0 spiro atoms. The molecule has 0 radical (unpaired) electrons. The predicted molar refractivity (Wildman–Crippen MR) is 102 cm³/mol. The third-order valence-electron chi connectivity index (χ3n) is 4.65. The van der Waals surface area contributed by atoms with Crippen LogP contribution < -0.4 is 5.32 Å². The number of carbonyl (C=O) groups is 3. The molecule has 0 aromatic carbocycles. The Bertz CT molecular complexity index is 845. The van der Waals surface area contributed by atoms with Crippen molar-refractivity contribution in [3.05, 3.63) is 39.8 Å². The molecule has 8 nitrogen and oxygen atoms in total. The fourth-order valence-corrected chi connectivity index (χ4v) is 3.93. The third-order valence-corrected chi connectivity index (χ3v) is 5.35. The normalized spacial score (nSPS) is 16.0. The molecule has 0 bridgehead atoms. The van der Waals surface area contributed by atoms with Gasteiger partial charge < -0.3 is 10.2 Å². The van der Waals surface area contributed by atoms with Gasteiger partial charge in [-0.25, -0.2) is 4.79 Å². The first-order valence-electron chi connectivity index (χ1n) is 8.85. The van der Waals surface area contributed by atoms with Gasteiger partial charge in [-0.2, -0.15) is 16.4 Å². The number of imide groups is 1. The molecule has 0 unspecified atom stereocenters. The fraction of sp³-hybridized carbons (Fsp3) is 0.444. The first-order chi connectivity index (χ1) is 12.9. The minimum absolute atomic E-state index is 0.184. The number of nitrogens with zero attached hydrogens (tertiary/aromatic N) is 4. The van der Waals surface area contributed by atoms with Crippen LogP contribution in [0.3, 0.4) is 0 Å². The van der Waals surface area contributed by atoms with Gasteiger partial charge in [0.15, 0.2) is 0 Å². The highest BCUT2D eigenvalue weighted by atomic mass is 32.1. The van der Waals surface area contributed by atoms with Gasteiger partial charge in [-0.05, 0) is 49.2 Å². The summed E-state index contributed by atoms with van der Waals surface area (Å²) in [5.41, 5.74) is 2.92. The largest absolute Gasteiger partial charge is 0.335 e. The van der Waals surface area contributed by atoms with Crippen LogP contribution in [0.5, 0.6) is 0 Å². The smallest absolute Gasteiger partial charge is 0.324 e. The molecule has 3 rings (SSSR count). The molecule has 2 aromatic heterocycles. The van der Waals surface area contributed by atoms with Crippen molar-refractivity contribution in [1.29, 1.82) is 0 Å². The van der Waals surface area contributed by atoms with Gasteiger partial charge in [-0.15, -0.1) is 0 Å². The van der Waals surface area contributed by atoms with Crippen molar-refractivity contribution in [2.75, 3.05) is 26.2 Å². The Balaban J connectivity index is 1.72. The van der Waals surface area contributed by atoms with Crippen molar-refractivity contribution in [2.24, 2.45) is 0 Å². The molecule has 3 heterocycles. The van der Waals surface area contributed by atoms with Crippen LogP contribution in [0.2, 0.25) is 0 Å². The summed E-state index contributed by atoms with van der Waals surface area (Å²) in [7, 11) is 0. The summed E-state index contributed by atoms with van der Waals surface area (Å²) in [6.07, 6.45) is 0. The Morgan fingerprint density at radius 1 is 1.30 bits per heavy atom. The molecular formula is C18H23N5O3S. The molecule has 1 saturated heterocycles. The van der Waals surface area contributed by atoms with Gasteiger partial charge in [-0.1, -0.05) is 0 Å². The number of piperazine rings is 1. The number of aromatic nitrogens is 2. The zero-order valence-corrected chi connectivity index (χ0v) is 16.5. The maximum Gasteiger partial charge on any atom is 0.324 e. The maximum absolute atomic E-state index is 12.5. The molecular weight excluding hydrogens is 366 g/mol. The molecule has 1 aliphatic rings. The molecule has 27 heavy (non-hydrogen) atoms. The summed E-state index contributed by atoms with van der Waals surface area (Å²) in [5.74, 6) is -1.41. The number of aryl methyl sites for hydroxylation is 2. The standard InChI is InChI=1S/C18H23N5O3S/c1-4-21-6-7-22(17(25)16(21)24)18(26)19-10-15(14-5-8-27-11-14)23-13(3)9-12(2)20-23/h5,8-9,11,15H,4,6-7,10H2,1-3H3,(H,19,26)/t15-/m0/s1. The minimum Gasteiger partial charge on any atom is -0.335 e. The molecule has 1 N–H and O–H groups in total. The molecule has 1 atom stereocenters. The summed E-state index contributed by atoms with van der Waals surface area (Å²) in [6, 6.07) is 3.24. The van der Waals surface area contributed by atoms with Crippen molar-refractivity contribution >= 4 is 29.2 Å². The topological polar surface area (TPSA) is 87.5 Å². The number of nitrogens with one attached hydrogen (secondary N) is 1. The van der Waals surface area contributed by atoms with Gasteiger partial charge >= 0.3 is 17.8 Å². The molecule has 1 fully saturated rings. The molecule has 144 valence electrons. The van der Waals surface area contributed by atoms with Crippen LogP contribution in [0.15, 0.2) is 22.9 Å². The highest BCUT2D eigenvalue weighted by molar-refractivity contribution is 7.08. The summed E-state index contributed by atoms with van der Waals surface area (Å²) >= 11 is 1.57. The van der Waals surface area contributed by atoms with E-state index >= 15 is 0 Å². The fourth-order valence-electron chi connectivity index (χ4n) is 3.22. The first kappa shape index (κ1) is 19.1. The van der Waals surface area contributed by atoms with E-state index in [1.165, 1.54) is 4.90 Å². The number of hydrogen-bond acceptors (Lipinski definition) is 5. The van der Waals surface area contributed by atoms with E-state index in [1.54, 1.807) is 18.3 Å². The Kier molecular flexibility index (Phi) is 5.59. The molecule has 9 heteroatoms. The van der Waals surface area contributed by atoms with E-state index in [1.807, 2.05) is 41.4 Å². The zero-order valence-electron chi connectivity index (χ0n) is 15.6. The number of thiophene rings is 1. The predicted octanol–water partition coefficient (Wildman–Crippen LogP) is 1.55. The van der Waals surface area contributed by atoms with Crippen molar-refractivity contribution in [2.45, 2.75) is 26.8 Å². The minimum atomic E-state index is -0.779. The quantitative estimate of drug-likeness (QED) is 0.786. The van der Waals surface area contributed by atoms with Gasteiger partial charge in [0, 0.05) is 31.9 Å². The lowest BCUT2D eigenvalue weighted by atomic mass is 10.1. The van der Waals surface area contributed by atoms with Crippen molar-refractivity contribution < 1.29 is 14.4 Å². The van der Waals surface area contributed by atoms with Crippen LogP contribution in [0.4, 0.5) is 4.79 Å². The number of amides is 4. The second-order valence-electron chi connectivity index (χ2n) is 6.47. The molecule has 0 saturated carbocycles. The van der Waals surface area contributed by atoms with E-state index < -0.39 is 17.8 Å². The zero-order chi connectivity index (χ0) is 19.6. The van der Waals surface area contributed by atoms with E-state index in [9.17, 15) is 14.4 Å². The monoisotopic (exact) mass is 389 g/mol. The summed E-state index contributed by atoms with van der Waals surface area (Å²) in [6.45, 7) is 6.98. The van der Waals surface area contributed by atoms with Crippen LogP contribution in [0, 0.1) is 13.8 Å². The Hall–Kier alpha value is -2.68. The number of hydrogen-bond donors (Lipinski definition) is 1. The van der Waals surface area contributed by atoms with E-state index in [-0.39, 0.29) is 19.1 Å². The lowest BCUT2D eigenvalue weighted by Gasteiger charge is -2.32. The lowest BCUT2D eigenvalue weighted by Crippen LogP contribution is -2.58. The number of likely N-dealkylation sites (N-methyl/N-ethyl adjacent to an activating group) is 1. The van der Waals surface area contributed by atoms with Crippen LogP contribution in [-0.4, -0.2) is 63.6 Å². The second kappa shape index (κ2) is 7.91. The Morgan fingerprint density at radius 3 is 2.67 bits per heavy atom. The lowest BCUT2D eigenvalue weighted by molar-refractivity contribution is -0.153. The number of carbonyl (C=O) groups excluding carboxylic acids is 3.